The van der Waals surface area contributed by atoms with E-state index in [1.54, 1.807) is 0 Å². The van der Waals surface area contributed by atoms with E-state index in [4.69, 9.17) is 10.2 Å². The van der Waals surface area contributed by atoms with E-state index in [9.17, 15) is 0 Å². The smallest absolute Gasteiger partial charge is 0.188 e. The third-order valence-electron chi connectivity index (χ3n) is 1.59. The lowest BCUT2D eigenvalue weighted by atomic mass is 10.4. The largest absolute Gasteiger partial charge is 0.395 e. The van der Waals surface area contributed by atoms with Crippen molar-refractivity contribution in [1.29, 1.82) is 0 Å². The molecule has 74 valence electrons. The van der Waals surface area contributed by atoms with Gasteiger partial charge in [-0.2, -0.15) is 5.21 Å². The number of rotatable bonds is 6. The quantitative estimate of drug-likeness (QED) is 0.476. The van der Waals surface area contributed by atoms with Gasteiger partial charge in [-0.25, -0.2) is 0 Å². The Hall–Kier alpha value is -1.05. The maximum Gasteiger partial charge on any atom is 0.188 e. The van der Waals surface area contributed by atoms with Crippen molar-refractivity contribution in [2.24, 2.45) is 0 Å². The first-order valence-electron chi connectivity index (χ1n) is 4.03. The fourth-order valence-corrected chi connectivity index (χ4v) is 1.00. The third-order valence-corrected chi connectivity index (χ3v) is 1.59. The minimum atomic E-state index is 0.0534. The maximum absolute atomic E-state index is 8.70. The van der Waals surface area contributed by atoms with Gasteiger partial charge >= 0.3 is 0 Å². The molecule has 0 atom stereocenters. The molecule has 0 aromatic carbocycles. The van der Waals surface area contributed by atoms with E-state index >= 15 is 0 Å². The van der Waals surface area contributed by atoms with E-state index in [2.05, 4.69) is 20.6 Å². The van der Waals surface area contributed by atoms with Crippen LogP contribution in [0.25, 0.3) is 0 Å². The number of H-pyrrole nitrogens is 1. The van der Waals surface area contributed by atoms with Gasteiger partial charge in [0.2, 0.25) is 0 Å². The molecule has 0 amide bonds. The summed E-state index contributed by atoms with van der Waals surface area (Å²) in [5, 5.41) is 30.7. The molecule has 0 aliphatic heterocycles. The summed E-state index contributed by atoms with van der Waals surface area (Å²) in [6.07, 6.45) is 0. The molecule has 1 heterocycles. The fourth-order valence-electron chi connectivity index (χ4n) is 1.00. The molecule has 13 heavy (non-hydrogen) atoms. The van der Waals surface area contributed by atoms with E-state index in [-0.39, 0.29) is 13.2 Å². The van der Waals surface area contributed by atoms with Crippen LogP contribution in [0.15, 0.2) is 0 Å². The highest BCUT2D eigenvalue weighted by atomic mass is 16.3. The van der Waals surface area contributed by atoms with Gasteiger partial charge in [-0.1, -0.05) is 5.21 Å². The Labute approximate surface area is 75.4 Å². The van der Waals surface area contributed by atoms with Gasteiger partial charge in [0.05, 0.1) is 19.8 Å². The fraction of sp³-hybridized carbons (Fsp3) is 0.833. The van der Waals surface area contributed by atoms with E-state index in [1.807, 2.05) is 4.90 Å². The zero-order valence-corrected chi connectivity index (χ0v) is 7.22. The van der Waals surface area contributed by atoms with Crippen LogP contribution in [0.2, 0.25) is 0 Å². The highest BCUT2D eigenvalue weighted by Gasteiger charge is 2.07. The van der Waals surface area contributed by atoms with Gasteiger partial charge in [0.25, 0.3) is 0 Å². The van der Waals surface area contributed by atoms with E-state index in [0.29, 0.717) is 25.5 Å². The number of aromatic amines is 1. The average Bonchev–Trinajstić information content (AvgIpc) is 2.58. The number of tetrazole rings is 1. The van der Waals surface area contributed by atoms with E-state index in [1.165, 1.54) is 0 Å². The third kappa shape index (κ3) is 3.45. The highest BCUT2D eigenvalue weighted by Crippen LogP contribution is 1.94. The van der Waals surface area contributed by atoms with Crippen molar-refractivity contribution in [2.75, 3.05) is 26.3 Å². The molecule has 0 unspecified atom stereocenters. The van der Waals surface area contributed by atoms with E-state index in [0.717, 1.165) is 0 Å². The van der Waals surface area contributed by atoms with Gasteiger partial charge in [0, 0.05) is 13.1 Å². The minimum absolute atomic E-state index is 0.0534. The Balaban J connectivity index is 2.37. The Morgan fingerprint density at radius 1 is 1.23 bits per heavy atom. The second-order valence-corrected chi connectivity index (χ2v) is 2.55. The van der Waals surface area contributed by atoms with Crippen LogP contribution in [0.4, 0.5) is 0 Å². The van der Waals surface area contributed by atoms with Gasteiger partial charge in [-0.3, -0.25) is 4.90 Å². The topological polar surface area (TPSA) is 98.2 Å². The number of hydrogen-bond acceptors (Lipinski definition) is 6. The lowest BCUT2D eigenvalue weighted by molar-refractivity contribution is 0.153. The van der Waals surface area contributed by atoms with Crippen molar-refractivity contribution >= 4 is 0 Å². The molecule has 1 rings (SSSR count). The summed E-state index contributed by atoms with van der Waals surface area (Å²) in [6.45, 7) is 1.58. The van der Waals surface area contributed by atoms with Crippen molar-refractivity contribution in [3.63, 3.8) is 0 Å². The molecule has 7 heteroatoms. The van der Waals surface area contributed by atoms with Crippen LogP contribution in [0.1, 0.15) is 5.82 Å². The number of nitrogens with zero attached hydrogens (tertiary/aromatic N) is 4. The Kier molecular flexibility index (Phi) is 4.30. The SMILES string of the molecule is OCCN(CCO)Cc1nn[nH]n1. The molecule has 0 spiro atoms. The molecular formula is C6H13N5O2. The van der Waals surface area contributed by atoms with E-state index < -0.39 is 0 Å². The predicted molar refractivity (Wildman–Crippen MR) is 43.6 cm³/mol. The average molecular weight is 187 g/mol. The molecule has 0 aliphatic rings. The Morgan fingerprint density at radius 3 is 2.38 bits per heavy atom. The molecular weight excluding hydrogens is 174 g/mol. The van der Waals surface area contributed by atoms with Gasteiger partial charge in [0.1, 0.15) is 0 Å². The highest BCUT2D eigenvalue weighted by molar-refractivity contribution is 4.76. The summed E-state index contributed by atoms with van der Waals surface area (Å²) < 4.78 is 0. The summed E-state index contributed by atoms with van der Waals surface area (Å²) in [5.41, 5.74) is 0. The van der Waals surface area contributed by atoms with Crippen molar-refractivity contribution in [3.8, 4) is 0 Å². The van der Waals surface area contributed by atoms with Gasteiger partial charge < -0.3 is 10.2 Å². The number of aliphatic hydroxyl groups is 2. The second kappa shape index (κ2) is 5.57. The van der Waals surface area contributed by atoms with Crippen LogP contribution in [0, 0.1) is 0 Å². The van der Waals surface area contributed by atoms with Crippen LogP contribution in [0.3, 0.4) is 0 Å². The standard InChI is InChI=1S/C6H13N5O2/c12-3-1-11(2-4-13)5-6-7-9-10-8-6/h12-13H,1-5H2,(H,7,8,9,10). The van der Waals surface area contributed by atoms with Gasteiger partial charge in [0.15, 0.2) is 5.82 Å². The first-order valence-corrected chi connectivity index (χ1v) is 4.03. The number of nitrogens with one attached hydrogen (secondary N) is 1. The monoisotopic (exact) mass is 187 g/mol. The molecule has 0 aliphatic carbocycles. The molecule has 0 radical (unpaired) electrons. The normalized spacial score (nSPS) is 11.0. The van der Waals surface area contributed by atoms with Crippen LogP contribution >= 0.6 is 0 Å². The summed E-state index contributed by atoms with van der Waals surface area (Å²) in [6, 6.07) is 0. The number of aliphatic hydroxyl groups excluding tert-OH is 2. The summed E-state index contributed by atoms with van der Waals surface area (Å²) in [5.74, 6) is 0.557. The Bertz CT molecular complexity index is 209. The zero-order chi connectivity index (χ0) is 9.52. The van der Waals surface area contributed by atoms with Crippen LogP contribution < -0.4 is 0 Å². The molecule has 0 saturated heterocycles. The van der Waals surface area contributed by atoms with Crippen LogP contribution in [-0.2, 0) is 6.54 Å². The molecule has 1 aromatic heterocycles. The number of aromatic nitrogens is 4. The molecule has 0 bridgehead atoms. The van der Waals surface area contributed by atoms with Gasteiger partial charge in [-0.05, 0) is 0 Å². The van der Waals surface area contributed by atoms with Crippen molar-refractivity contribution in [3.05, 3.63) is 5.82 Å². The van der Waals surface area contributed by atoms with Crippen LogP contribution in [-0.4, -0.2) is 62.0 Å². The minimum Gasteiger partial charge on any atom is -0.395 e. The molecule has 0 saturated carbocycles. The first-order chi connectivity index (χ1) is 6.36. The van der Waals surface area contributed by atoms with Gasteiger partial charge in [-0.15, -0.1) is 10.2 Å². The van der Waals surface area contributed by atoms with Crippen LogP contribution in [0.5, 0.6) is 0 Å². The molecule has 0 fully saturated rings. The summed E-state index contributed by atoms with van der Waals surface area (Å²) in [4.78, 5) is 1.84. The predicted octanol–water partition coefficient (Wildman–Crippen LogP) is -2.01. The van der Waals surface area contributed by atoms with Crippen molar-refractivity contribution in [2.45, 2.75) is 6.54 Å². The molecule has 1 aromatic rings. The second-order valence-electron chi connectivity index (χ2n) is 2.55. The molecule has 3 N–H and O–H groups in total. The summed E-state index contributed by atoms with van der Waals surface area (Å²) in [7, 11) is 0. The Morgan fingerprint density at radius 2 is 1.92 bits per heavy atom. The van der Waals surface area contributed by atoms with Crippen molar-refractivity contribution in [1.82, 2.24) is 25.5 Å². The summed E-state index contributed by atoms with van der Waals surface area (Å²) >= 11 is 0. The lowest BCUT2D eigenvalue weighted by Crippen LogP contribution is -2.29. The van der Waals surface area contributed by atoms with Crippen molar-refractivity contribution < 1.29 is 10.2 Å². The lowest BCUT2D eigenvalue weighted by Gasteiger charge is -2.17. The zero-order valence-electron chi connectivity index (χ0n) is 7.22. The number of hydrogen-bond donors (Lipinski definition) is 3. The maximum atomic E-state index is 8.70. The molecule has 7 nitrogen and oxygen atoms in total. The first kappa shape index (κ1) is 10.0.